The summed E-state index contributed by atoms with van der Waals surface area (Å²) in [6, 6.07) is 0.557. The lowest BCUT2D eigenvalue weighted by Gasteiger charge is -2.35. The Balaban J connectivity index is 1.86. The van der Waals surface area contributed by atoms with Gasteiger partial charge in [0.15, 0.2) is 0 Å². The molecule has 0 radical (unpaired) electrons. The van der Waals surface area contributed by atoms with Gasteiger partial charge in [0.1, 0.15) is 5.82 Å². The van der Waals surface area contributed by atoms with Crippen LogP contribution < -0.4 is 5.32 Å². The second-order valence-corrected chi connectivity index (χ2v) is 5.97. The van der Waals surface area contributed by atoms with E-state index in [1.54, 1.807) is 0 Å². The van der Waals surface area contributed by atoms with Crippen LogP contribution in [0.25, 0.3) is 0 Å². The van der Waals surface area contributed by atoms with Gasteiger partial charge in [-0.1, -0.05) is 6.92 Å². The van der Waals surface area contributed by atoms with Crippen molar-refractivity contribution in [2.75, 3.05) is 13.1 Å². The van der Waals surface area contributed by atoms with Gasteiger partial charge in [-0.25, -0.2) is 4.98 Å². The largest absolute Gasteiger partial charge is 0.333 e. The van der Waals surface area contributed by atoms with Crippen LogP contribution in [0.1, 0.15) is 39.9 Å². The van der Waals surface area contributed by atoms with Crippen molar-refractivity contribution in [1.29, 1.82) is 0 Å². The van der Waals surface area contributed by atoms with E-state index in [1.165, 1.54) is 5.82 Å². The van der Waals surface area contributed by atoms with Crippen molar-refractivity contribution in [3.05, 3.63) is 18.2 Å². The minimum atomic E-state index is 0.239. The molecule has 0 aliphatic carbocycles. The standard InChI is InChI=1S/C14H26N4/c1-5-14(3,4)16-10-12(2)18-9-8-17-7-6-15-13(17)11-18/h6-7,12,16H,5,8-11H2,1-4H3. The highest BCUT2D eigenvalue weighted by atomic mass is 15.3. The van der Waals surface area contributed by atoms with Crippen LogP contribution in [0.4, 0.5) is 0 Å². The molecule has 1 aliphatic rings. The van der Waals surface area contributed by atoms with E-state index in [0.29, 0.717) is 6.04 Å². The molecule has 0 amide bonds. The van der Waals surface area contributed by atoms with Crippen molar-refractivity contribution < 1.29 is 0 Å². The normalized spacial score (nSPS) is 18.7. The highest BCUT2D eigenvalue weighted by Crippen LogP contribution is 2.14. The number of aromatic nitrogens is 2. The van der Waals surface area contributed by atoms with Crippen LogP contribution in [0.2, 0.25) is 0 Å². The van der Waals surface area contributed by atoms with Gasteiger partial charge >= 0.3 is 0 Å². The Hall–Kier alpha value is -0.870. The molecule has 2 rings (SSSR count). The molecule has 1 unspecified atom stereocenters. The van der Waals surface area contributed by atoms with Crippen molar-refractivity contribution in [3.63, 3.8) is 0 Å². The molecule has 4 heteroatoms. The van der Waals surface area contributed by atoms with Crippen molar-refractivity contribution in [1.82, 2.24) is 19.8 Å². The summed E-state index contributed by atoms with van der Waals surface area (Å²) in [5, 5.41) is 3.65. The first-order valence-electron chi connectivity index (χ1n) is 7.01. The van der Waals surface area contributed by atoms with E-state index in [-0.39, 0.29) is 5.54 Å². The van der Waals surface area contributed by atoms with Crippen LogP contribution in [0.5, 0.6) is 0 Å². The second-order valence-electron chi connectivity index (χ2n) is 5.97. The van der Waals surface area contributed by atoms with Gasteiger partial charge < -0.3 is 9.88 Å². The summed E-state index contributed by atoms with van der Waals surface area (Å²) in [6.45, 7) is 13.3. The van der Waals surface area contributed by atoms with Gasteiger partial charge in [0.2, 0.25) is 0 Å². The molecule has 102 valence electrons. The lowest BCUT2D eigenvalue weighted by atomic mass is 10.0. The lowest BCUT2D eigenvalue weighted by Crippen LogP contribution is -2.49. The van der Waals surface area contributed by atoms with Crippen molar-refractivity contribution in [2.45, 2.75) is 58.8 Å². The highest BCUT2D eigenvalue weighted by Gasteiger charge is 2.22. The lowest BCUT2D eigenvalue weighted by molar-refractivity contribution is 0.152. The monoisotopic (exact) mass is 250 g/mol. The first kappa shape index (κ1) is 13.6. The van der Waals surface area contributed by atoms with Gasteiger partial charge in [-0.3, -0.25) is 4.90 Å². The third kappa shape index (κ3) is 3.12. The fraction of sp³-hybridized carbons (Fsp3) is 0.786. The zero-order valence-electron chi connectivity index (χ0n) is 12.1. The third-order valence-electron chi connectivity index (χ3n) is 4.16. The first-order valence-corrected chi connectivity index (χ1v) is 7.01. The Labute approximate surface area is 110 Å². The number of fused-ring (bicyclic) bond motifs is 1. The zero-order chi connectivity index (χ0) is 13.2. The Bertz CT molecular complexity index is 383. The maximum atomic E-state index is 4.42. The maximum Gasteiger partial charge on any atom is 0.122 e. The summed E-state index contributed by atoms with van der Waals surface area (Å²) < 4.78 is 2.26. The SMILES string of the molecule is CCC(C)(C)NCC(C)N1CCn2ccnc2C1. The van der Waals surface area contributed by atoms with Gasteiger partial charge in [-0.15, -0.1) is 0 Å². The smallest absolute Gasteiger partial charge is 0.122 e. The molecule has 4 nitrogen and oxygen atoms in total. The maximum absolute atomic E-state index is 4.42. The highest BCUT2D eigenvalue weighted by molar-refractivity contribution is 4.96. The van der Waals surface area contributed by atoms with E-state index in [9.17, 15) is 0 Å². The van der Waals surface area contributed by atoms with Gasteiger partial charge in [0, 0.05) is 43.6 Å². The minimum Gasteiger partial charge on any atom is -0.333 e. The molecule has 0 saturated carbocycles. The fourth-order valence-electron chi connectivity index (χ4n) is 2.25. The van der Waals surface area contributed by atoms with Crippen LogP contribution in [-0.4, -0.2) is 39.1 Å². The Kier molecular flexibility index (Phi) is 4.07. The first-order chi connectivity index (χ1) is 8.52. The molecular formula is C14H26N4. The number of hydrogen-bond acceptors (Lipinski definition) is 3. The fourth-order valence-corrected chi connectivity index (χ4v) is 2.25. The molecule has 0 fully saturated rings. The molecule has 1 atom stereocenters. The summed E-state index contributed by atoms with van der Waals surface area (Å²) in [6.07, 6.45) is 5.14. The molecule has 0 saturated heterocycles. The molecule has 0 spiro atoms. The summed E-state index contributed by atoms with van der Waals surface area (Å²) in [5.74, 6) is 1.20. The number of hydrogen-bond donors (Lipinski definition) is 1. The Morgan fingerprint density at radius 3 is 2.94 bits per heavy atom. The average molecular weight is 250 g/mol. The topological polar surface area (TPSA) is 33.1 Å². The van der Waals surface area contributed by atoms with E-state index in [4.69, 9.17) is 0 Å². The number of rotatable bonds is 5. The molecule has 18 heavy (non-hydrogen) atoms. The van der Waals surface area contributed by atoms with Crippen LogP contribution in [-0.2, 0) is 13.1 Å². The van der Waals surface area contributed by atoms with Crippen molar-refractivity contribution in [3.8, 4) is 0 Å². The predicted molar refractivity (Wildman–Crippen MR) is 74.5 cm³/mol. The molecule has 2 heterocycles. The van der Waals surface area contributed by atoms with Gasteiger partial charge in [-0.2, -0.15) is 0 Å². The average Bonchev–Trinajstić information content (AvgIpc) is 2.83. The molecule has 1 aromatic heterocycles. The van der Waals surface area contributed by atoms with E-state index >= 15 is 0 Å². The summed E-state index contributed by atoms with van der Waals surface area (Å²) in [7, 11) is 0. The summed E-state index contributed by atoms with van der Waals surface area (Å²) >= 11 is 0. The quantitative estimate of drug-likeness (QED) is 0.866. The number of nitrogens with zero attached hydrogens (tertiary/aromatic N) is 3. The molecule has 1 aliphatic heterocycles. The van der Waals surface area contributed by atoms with E-state index in [2.05, 4.69) is 53.7 Å². The van der Waals surface area contributed by atoms with E-state index in [1.807, 2.05) is 6.20 Å². The number of nitrogens with one attached hydrogen (secondary N) is 1. The van der Waals surface area contributed by atoms with E-state index < -0.39 is 0 Å². The minimum absolute atomic E-state index is 0.239. The zero-order valence-corrected chi connectivity index (χ0v) is 12.1. The van der Waals surface area contributed by atoms with Crippen molar-refractivity contribution in [2.24, 2.45) is 0 Å². The van der Waals surface area contributed by atoms with Gasteiger partial charge in [-0.05, 0) is 27.2 Å². The van der Waals surface area contributed by atoms with Crippen LogP contribution in [0.3, 0.4) is 0 Å². The second kappa shape index (κ2) is 5.41. The molecule has 0 bridgehead atoms. The third-order valence-corrected chi connectivity index (χ3v) is 4.16. The molecule has 1 aromatic rings. The Morgan fingerprint density at radius 2 is 2.22 bits per heavy atom. The number of imidazole rings is 1. The van der Waals surface area contributed by atoms with Crippen LogP contribution in [0.15, 0.2) is 12.4 Å². The van der Waals surface area contributed by atoms with Crippen LogP contribution >= 0.6 is 0 Å². The van der Waals surface area contributed by atoms with Crippen molar-refractivity contribution >= 4 is 0 Å². The van der Waals surface area contributed by atoms with E-state index in [0.717, 1.165) is 32.6 Å². The Morgan fingerprint density at radius 1 is 1.44 bits per heavy atom. The molecule has 0 aromatic carbocycles. The predicted octanol–water partition coefficient (Wildman–Crippen LogP) is 1.87. The molecule has 1 N–H and O–H groups in total. The summed E-state index contributed by atoms with van der Waals surface area (Å²) in [5.41, 5.74) is 0.239. The summed E-state index contributed by atoms with van der Waals surface area (Å²) in [4.78, 5) is 6.93. The molecular weight excluding hydrogens is 224 g/mol. The van der Waals surface area contributed by atoms with Crippen LogP contribution in [0, 0.1) is 0 Å². The van der Waals surface area contributed by atoms with Gasteiger partial charge in [0.05, 0.1) is 6.54 Å². The van der Waals surface area contributed by atoms with Gasteiger partial charge in [0.25, 0.3) is 0 Å².